The van der Waals surface area contributed by atoms with Crippen molar-refractivity contribution in [2.45, 2.75) is 26.3 Å². The Morgan fingerprint density at radius 3 is 2.78 bits per heavy atom. The average molecular weight is 377 g/mol. The summed E-state index contributed by atoms with van der Waals surface area (Å²) in [6, 6.07) is 9.11. The van der Waals surface area contributed by atoms with E-state index in [0.29, 0.717) is 23.3 Å². The Morgan fingerprint density at radius 2 is 2.09 bits per heavy atom. The molecule has 0 unspecified atom stereocenters. The summed E-state index contributed by atoms with van der Waals surface area (Å²) in [5.74, 6) is 0.107. The van der Waals surface area contributed by atoms with Crippen molar-refractivity contribution >= 4 is 33.4 Å². The molecule has 0 radical (unpaired) electrons. The van der Waals surface area contributed by atoms with Crippen molar-refractivity contribution in [2.75, 3.05) is 11.9 Å². The van der Waals surface area contributed by atoms with Crippen LogP contribution in [0.15, 0.2) is 39.4 Å². The highest BCUT2D eigenvalue weighted by Crippen LogP contribution is 2.24. The van der Waals surface area contributed by atoms with Gasteiger partial charge in [0.2, 0.25) is 5.91 Å². The van der Waals surface area contributed by atoms with Gasteiger partial charge in [-0.1, -0.05) is 13.0 Å². The summed E-state index contributed by atoms with van der Waals surface area (Å²) in [6.07, 6.45) is 1.36. The molecule has 3 rings (SSSR count). The van der Waals surface area contributed by atoms with Gasteiger partial charge in [-0.2, -0.15) is 0 Å². The van der Waals surface area contributed by atoms with Gasteiger partial charge in [-0.05, 0) is 57.7 Å². The summed E-state index contributed by atoms with van der Waals surface area (Å²) in [4.78, 5) is 25.8. The first-order valence-corrected chi connectivity index (χ1v) is 8.32. The van der Waals surface area contributed by atoms with Crippen LogP contribution in [0.4, 0.5) is 5.69 Å². The number of carbonyl (C=O) groups excluding carboxylic acids is 2. The Bertz CT molecular complexity index is 754. The van der Waals surface area contributed by atoms with E-state index in [4.69, 9.17) is 4.42 Å². The first-order chi connectivity index (χ1) is 11.1. The molecule has 1 aromatic heterocycles. The number of anilines is 1. The zero-order valence-electron chi connectivity index (χ0n) is 12.8. The molecular formula is C17H17BrN2O3. The summed E-state index contributed by atoms with van der Waals surface area (Å²) < 4.78 is 5.76. The van der Waals surface area contributed by atoms with Gasteiger partial charge < -0.3 is 14.6 Å². The minimum atomic E-state index is -0.298. The van der Waals surface area contributed by atoms with Gasteiger partial charge in [0.25, 0.3) is 5.91 Å². The monoisotopic (exact) mass is 376 g/mol. The minimum Gasteiger partial charge on any atom is -0.444 e. The summed E-state index contributed by atoms with van der Waals surface area (Å²) >= 11 is 3.18. The van der Waals surface area contributed by atoms with Crippen LogP contribution in [0.5, 0.6) is 0 Å². The standard InChI is InChI=1S/C17H17BrN2O3/c1-2-16(21)20-8-7-11-3-4-13(9-12(11)10-20)19-17(22)14-5-6-15(18)23-14/h3-6,9H,2,7-8,10H2,1H3,(H,19,22). The van der Waals surface area contributed by atoms with Crippen LogP contribution in [0, 0.1) is 0 Å². The number of hydrogen-bond acceptors (Lipinski definition) is 3. The number of furan rings is 1. The van der Waals surface area contributed by atoms with Crippen LogP contribution in [0.2, 0.25) is 0 Å². The quantitative estimate of drug-likeness (QED) is 0.889. The number of nitrogens with zero attached hydrogens (tertiary/aromatic N) is 1. The van der Waals surface area contributed by atoms with Gasteiger partial charge >= 0.3 is 0 Å². The van der Waals surface area contributed by atoms with E-state index in [-0.39, 0.29) is 17.6 Å². The average Bonchev–Trinajstić information content (AvgIpc) is 3.00. The third-order valence-electron chi connectivity index (χ3n) is 3.93. The maximum absolute atomic E-state index is 12.1. The molecule has 120 valence electrons. The van der Waals surface area contributed by atoms with Crippen molar-refractivity contribution < 1.29 is 14.0 Å². The van der Waals surface area contributed by atoms with E-state index in [1.54, 1.807) is 12.1 Å². The fourth-order valence-corrected chi connectivity index (χ4v) is 3.01. The highest BCUT2D eigenvalue weighted by molar-refractivity contribution is 9.10. The lowest BCUT2D eigenvalue weighted by Crippen LogP contribution is -2.35. The first kappa shape index (κ1) is 15.8. The van der Waals surface area contributed by atoms with Crippen LogP contribution >= 0.6 is 15.9 Å². The van der Waals surface area contributed by atoms with Crippen molar-refractivity contribution in [1.82, 2.24) is 4.90 Å². The molecule has 2 amide bonds. The predicted molar refractivity (Wildman–Crippen MR) is 90.2 cm³/mol. The van der Waals surface area contributed by atoms with E-state index >= 15 is 0 Å². The molecule has 1 aliphatic heterocycles. The number of nitrogens with one attached hydrogen (secondary N) is 1. The molecule has 1 N–H and O–H groups in total. The Hall–Kier alpha value is -2.08. The lowest BCUT2D eigenvalue weighted by atomic mass is 9.99. The zero-order chi connectivity index (χ0) is 16.4. The highest BCUT2D eigenvalue weighted by atomic mass is 79.9. The molecule has 0 spiro atoms. The molecule has 0 saturated carbocycles. The molecule has 1 aliphatic rings. The topological polar surface area (TPSA) is 62.6 Å². The van der Waals surface area contributed by atoms with Gasteiger partial charge in [0.05, 0.1) is 0 Å². The number of halogens is 1. The Balaban J connectivity index is 1.75. The van der Waals surface area contributed by atoms with Gasteiger partial charge in [0, 0.05) is 25.2 Å². The lowest BCUT2D eigenvalue weighted by Gasteiger charge is -2.29. The Labute approximate surface area is 142 Å². The second-order valence-corrected chi connectivity index (χ2v) is 6.24. The second kappa shape index (κ2) is 6.58. The molecular weight excluding hydrogens is 360 g/mol. The fraction of sp³-hybridized carbons (Fsp3) is 0.294. The number of fused-ring (bicyclic) bond motifs is 1. The van der Waals surface area contributed by atoms with E-state index in [1.807, 2.05) is 30.0 Å². The van der Waals surface area contributed by atoms with Crippen LogP contribution in [-0.4, -0.2) is 23.3 Å². The molecule has 5 nitrogen and oxygen atoms in total. The number of carbonyl (C=O) groups is 2. The maximum Gasteiger partial charge on any atom is 0.291 e. The summed E-state index contributed by atoms with van der Waals surface area (Å²) in [5.41, 5.74) is 3.01. The Morgan fingerprint density at radius 1 is 1.26 bits per heavy atom. The molecule has 2 aromatic rings. The number of benzene rings is 1. The molecule has 0 bridgehead atoms. The highest BCUT2D eigenvalue weighted by Gasteiger charge is 2.20. The molecule has 0 aliphatic carbocycles. The Kier molecular flexibility index (Phi) is 4.52. The first-order valence-electron chi connectivity index (χ1n) is 7.53. The molecule has 0 saturated heterocycles. The third-order valence-corrected chi connectivity index (χ3v) is 4.35. The van der Waals surface area contributed by atoms with Crippen molar-refractivity contribution in [2.24, 2.45) is 0 Å². The van der Waals surface area contributed by atoms with Gasteiger partial charge in [-0.25, -0.2) is 0 Å². The molecule has 6 heteroatoms. The van der Waals surface area contributed by atoms with E-state index in [2.05, 4.69) is 21.2 Å². The molecule has 2 heterocycles. The van der Waals surface area contributed by atoms with Crippen LogP contribution in [0.3, 0.4) is 0 Å². The minimum absolute atomic E-state index is 0.158. The van der Waals surface area contributed by atoms with Crippen LogP contribution in [-0.2, 0) is 17.8 Å². The molecule has 0 fully saturated rings. The van der Waals surface area contributed by atoms with E-state index in [0.717, 1.165) is 18.5 Å². The summed E-state index contributed by atoms with van der Waals surface area (Å²) in [7, 11) is 0. The number of amides is 2. The third kappa shape index (κ3) is 3.47. The summed E-state index contributed by atoms with van der Waals surface area (Å²) in [5, 5.41) is 2.82. The molecule has 0 atom stereocenters. The molecule has 1 aromatic carbocycles. The van der Waals surface area contributed by atoms with Crippen molar-refractivity contribution in [3.05, 3.63) is 51.9 Å². The van der Waals surface area contributed by atoms with Crippen LogP contribution in [0.25, 0.3) is 0 Å². The predicted octanol–water partition coefficient (Wildman–Crippen LogP) is 3.59. The molecule has 23 heavy (non-hydrogen) atoms. The van der Waals surface area contributed by atoms with Crippen LogP contribution < -0.4 is 5.32 Å². The zero-order valence-corrected chi connectivity index (χ0v) is 14.4. The van der Waals surface area contributed by atoms with Crippen LogP contribution in [0.1, 0.15) is 35.0 Å². The van der Waals surface area contributed by atoms with Gasteiger partial charge in [0.15, 0.2) is 10.4 Å². The van der Waals surface area contributed by atoms with Gasteiger partial charge in [0.1, 0.15) is 0 Å². The van der Waals surface area contributed by atoms with Gasteiger partial charge in [-0.15, -0.1) is 0 Å². The largest absolute Gasteiger partial charge is 0.444 e. The summed E-state index contributed by atoms with van der Waals surface area (Å²) in [6.45, 7) is 3.22. The van der Waals surface area contributed by atoms with E-state index in [9.17, 15) is 9.59 Å². The SMILES string of the molecule is CCC(=O)N1CCc2ccc(NC(=O)c3ccc(Br)o3)cc2C1. The normalized spacial score (nSPS) is 13.6. The number of hydrogen-bond donors (Lipinski definition) is 1. The smallest absolute Gasteiger partial charge is 0.291 e. The van der Waals surface area contributed by atoms with E-state index in [1.165, 1.54) is 5.56 Å². The van der Waals surface area contributed by atoms with Crippen molar-refractivity contribution in [1.29, 1.82) is 0 Å². The number of rotatable bonds is 3. The second-order valence-electron chi connectivity index (χ2n) is 5.46. The van der Waals surface area contributed by atoms with Crippen molar-refractivity contribution in [3.63, 3.8) is 0 Å². The lowest BCUT2D eigenvalue weighted by molar-refractivity contribution is -0.131. The maximum atomic E-state index is 12.1. The fourth-order valence-electron chi connectivity index (χ4n) is 2.70. The van der Waals surface area contributed by atoms with Crippen molar-refractivity contribution in [3.8, 4) is 0 Å². The van der Waals surface area contributed by atoms with Gasteiger partial charge in [-0.3, -0.25) is 9.59 Å². The van der Waals surface area contributed by atoms with E-state index < -0.39 is 0 Å².